The van der Waals surface area contributed by atoms with Crippen molar-refractivity contribution in [2.75, 3.05) is 23.3 Å². The van der Waals surface area contributed by atoms with Crippen molar-refractivity contribution < 1.29 is 0 Å². The van der Waals surface area contributed by atoms with Gasteiger partial charge in [-0.15, -0.1) is 10.2 Å². The van der Waals surface area contributed by atoms with Gasteiger partial charge in [-0.1, -0.05) is 11.3 Å². The predicted octanol–water partition coefficient (Wildman–Crippen LogP) is 2.72. The molecule has 1 aliphatic rings. The summed E-state index contributed by atoms with van der Waals surface area (Å²) in [5.41, 5.74) is 1.91. The Morgan fingerprint density at radius 1 is 1.11 bits per heavy atom. The lowest BCUT2D eigenvalue weighted by molar-refractivity contribution is 0.523. The van der Waals surface area contributed by atoms with E-state index in [1.54, 1.807) is 23.7 Å². The smallest absolute Gasteiger partial charge is 0.214 e. The van der Waals surface area contributed by atoms with E-state index in [-0.39, 0.29) is 0 Å². The molecule has 0 aromatic carbocycles. The first-order valence-electron chi connectivity index (χ1n) is 8.91. The number of nitrogens with one attached hydrogen (secondary N) is 1. The maximum absolute atomic E-state index is 4.73. The van der Waals surface area contributed by atoms with E-state index >= 15 is 0 Å². The third-order valence-corrected chi connectivity index (χ3v) is 5.66. The Labute approximate surface area is 159 Å². The monoisotopic (exact) mass is 378 g/mol. The van der Waals surface area contributed by atoms with Crippen LogP contribution in [0.5, 0.6) is 0 Å². The minimum atomic E-state index is 0.416. The number of aromatic nitrogens is 6. The minimum absolute atomic E-state index is 0.416. The predicted molar refractivity (Wildman–Crippen MR) is 105 cm³/mol. The fraction of sp³-hybridized carbons (Fsp3) is 0.278. The number of imidazole rings is 1. The van der Waals surface area contributed by atoms with E-state index in [9.17, 15) is 0 Å². The molecule has 1 saturated heterocycles. The van der Waals surface area contributed by atoms with Gasteiger partial charge in [-0.25, -0.2) is 9.50 Å². The molecule has 1 aliphatic heterocycles. The van der Waals surface area contributed by atoms with Crippen LogP contribution in [-0.4, -0.2) is 48.9 Å². The number of fused-ring (bicyclic) bond motifs is 1. The zero-order chi connectivity index (χ0) is 18.1. The van der Waals surface area contributed by atoms with Gasteiger partial charge in [0, 0.05) is 43.3 Å². The maximum atomic E-state index is 4.73. The van der Waals surface area contributed by atoms with E-state index in [4.69, 9.17) is 10.1 Å². The molecular formula is C18H18N8S. The molecule has 8 nitrogen and oxygen atoms in total. The summed E-state index contributed by atoms with van der Waals surface area (Å²) < 4.78 is 1.87. The number of piperidine rings is 1. The average molecular weight is 378 g/mol. The van der Waals surface area contributed by atoms with Crippen molar-refractivity contribution in [3.8, 4) is 11.3 Å². The Bertz CT molecular complexity index is 990. The van der Waals surface area contributed by atoms with Gasteiger partial charge in [0.2, 0.25) is 10.1 Å². The van der Waals surface area contributed by atoms with E-state index in [1.807, 2.05) is 41.2 Å². The molecule has 136 valence electrons. The number of anilines is 2. The van der Waals surface area contributed by atoms with Crippen LogP contribution in [0, 0.1) is 0 Å². The summed E-state index contributed by atoms with van der Waals surface area (Å²) in [6.07, 6.45) is 9.32. The highest BCUT2D eigenvalue weighted by Gasteiger charge is 2.22. The Morgan fingerprint density at radius 3 is 2.74 bits per heavy atom. The normalized spacial score (nSPS) is 15.3. The van der Waals surface area contributed by atoms with Gasteiger partial charge < -0.3 is 10.2 Å². The van der Waals surface area contributed by atoms with Crippen LogP contribution in [-0.2, 0) is 0 Å². The Morgan fingerprint density at radius 2 is 2.00 bits per heavy atom. The summed E-state index contributed by atoms with van der Waals surface area (Å²) in [4.78, 5) is 12.1. The Kier molecular flexibility index (Phi) is 4.13. The lowest BCUT2D eigenvalue weighted by Crippen LogP contribution is -2.39. The number of hydrogen-bond acceptors (Lipinski definition) is 8. The number of hydrogen-bond donors (Lipinski definition) is 1. The molecule has 0 atom stereocenters. The zero-order valence-electron chi connectivity index (χ0n) is 14.6. The number of pyridine rings is 1. The van der Waals surface area contributed by atoms with Crippen molar-refractivity contribution in [1.29, 1.82) is 0 Å². The molecule has 0 saturated carbocycles. The molecule has 5 rings (SSSR count). The molecule has 4 aromatic heterocycles. The van der Waals surface area contributed by atoms with Crippen LogP contribution in [0.4, 0.5) is 10.9 Å². The van der Waals surface area contributed by atoms with Gasteiger partial charge in [0.15, 0.2) is 0 Å². The third-order valence-electron chi connectivity index (χ3n) is 4.68. The molecule has 5 heterocycles. The average Bonchev–Trinajstić information content (AvgIpc) is 3.29. The molecule has 4 aromatic rings. The largest absolute Gasteiger partial charge is 0.366 e. The van der Waals surface area contributed by atoms with Gasteiger partial charge in [0.05, 0.1) is 11.9 Å². The lowest BCUT2D eigenvalue weighted by atomic mass is 10.1. The van der Waals surface area contributed by atoms with Gasteiger partial charge in [-0.2, -0.15) is 5.10 Å². The summed E-state index contributed by atoms with van der Waals surface area (Å²) in [6.45, 7) is 1.92. The number of rotatable bonds is 4. The van der Waals surface area contributed by atoms with E-state index in [2.05, 4.69) is 25.4 Å². The molecule has 0 aliphatic carbocycles. The molecule has 9 heteroatoms. The lowest BCUT2D eigenvalue weighted by Gasteiger charge is -2.31. The highest BCUT2D eigenvalue weighted by Crippen LogP contribution is 2.28. The fourth-order valence-electron chi connectivity index (χ4n) is 3.27. The zero-order valence-corrected chi connectivity index (χ0v) is 15.4. The first-order valence-corrected chi connectivity index (χ1v) is 9.72. The van der Waals surface area contributed by atoms with E-state index in [1.165, 1.54) is 0 Å². The first kappa shape index (κ1) is 16.1. The van der Waals surface area contributed by atoms with Crippen molar-refractivity contribution in [2.45, 2.75) is 18.9 Å². The maximum Gasteiger partial charge on any atom is 0.214 e. The summed E-state index contributed by atoms with van der Waals surface area (Å²) in [6, 6.07) is 8.19. The molecule has 0 bridgehead atoms. The fourth-order valence-corrected chi connectivity index (χ4v) is 4.21. The van der Waals surface area contributed by atoms with Crippen LogP contribution < -0.4 is 10.2 Å². The van der Waals surface area contributed by atoms with Crippen molar-refractivity contribution in [1.82, 2.24) is 29.8 Å². The Balaban J connectivity index is 1.26. The second-order valence-corrected chi connectivity index (χ2v) is 7.43. The van der Waals surface area contributed by atoms with E-state index in [0.29, 0.717) is 6.04 Å². The quantitative estimate of drug-likeness (QED) is 0.584. The van der Waals surface area contributed by atoms with Gasteiger partial charge >= 0.3 is 0 Å². The second-order valence-electron chi connectivity index (χ2n) is 6.49. The van der Waals surface area contributed by atoms with Gasteiger partial charge in [0.1, 0.15) is 5.82 Å². The van der Waals surface area contributed by atoms with Crippen molar-refractivity contribution in [3.05, 3.63) is 49.1 Å². The minimum Gasteiger partial charge on any atom is -0.366 e. The third kappa shape index (κ3) is 3.33. The SMILES string of the molecule is c1cncc(-c2cn3nc(N4CCC(Nc5cccnn5)CC4)sc3n2)c1. The highest BCUT2D eigenvalue weighted by molar-refractivity contribution is 7.20. The molecule has 0 spiro atoms. The molecule has 0 radical (unpaired) electrons. The second kappa shape index (κ2) is 6.92. The van der Waals surface area contributed by atoms with Gasteiger partial charge in [-0.3, -0.25) is 4.98 Å². The van der Waals surface area contributed by atoms with Crippen LogP contribution >= 0.6 is 11.3 Å². The summed E-state index contributed by atoms with van der Waals surface area (Å²) in [7, 11) is 0. The van der Waals surface area contributed by atoms with Crippen LogP contribution in [0.25, 0.3) is 16.2 Å². The Hall–Kier alpha value is -3.07. The molecule has 1 fully saturated rings. The van der Waals surface area contributed by atoms with Crippen molar-refractivity contribution in [2.24, 2.45) is 0 Å². The van der Waals surface area contributed by atoms with E-state index < -0.39 is 0 Å². The standard InChI is InChI=1S/C18H18N8S/c1-3-13(11-19-7-1)15-12-26-17(22-15)27-18(24-26)25-9-5-14(6-10-25)21-16-4-2-8-20-23-16/h1-4,7-8,11-12,14H,5-6,9-10H2,(H,21,23). The van der Waals surface area contributed by atoms with Crippen LogP contribution in [0.15, 0.2) is 49.1 Å². The van der Waals surface area contributed by atoms with Gasteiger partial charge in [-0.05, 0) is 37.1 Å². The van der Waals surface area contributed by atoms with Crippen molar-refractivity contribution >= 4 is 27.2 Å². The number of nitrogens with zero attached hydrogens (tertiary/aromatic N) is 7. The molecular weight excluding hydrogens is 360 g/mol. The molecule has 0 unspecified atom stereocenters. The summed E-state index contributed by atoms with van der Waals surface area (Å²) >= 11 is 1.63. The molecule has 1 N–H and O–H groups in total. The van der Waals surface area contributed by atoms with Crippen LogP contribution in [0.2, 0.25) is 0 Å². The molecule has 0 amide bonds. The first-order chi connectivity index (χ1) is 13.3. The van der Waals surface area contributed by atoms with E-state index in [0.717, 1.165) is 53.1 Å². The van der Waals surface area contributed by atoms with Crippen LogP contribution in [0.1, 0.15) is 12.8 Å². The topological polar surface area (TPSA) is 84.1 Å². The van der Waals surface area contributed by atoms with Crippen LogP contribution in [0.3, 0.4) is 0 Å². The summed E-state index contributed by atoms with van der Waals surface area (Å²) in [5, 5.41) is 17.2. The van der Waals surface area contributed by atoms with Crippen molar-refractivity contribution in [3.63, 3.8) is 0 Å². The highest BCUT2D eigenvalue weighted by atomic mass is 32.1. The molecule has 27 heavy (non-hydrogen) atoms. The summed E-state index contributed by atoms with van der Waals surface area (Å²) in [5.74, 6) is 0.839. The van der Waals surface area contributed by atoms with Gasteiger partial charge in [0.25, 0.3) is 0 Å².